The van der Waals surface area contributed by atoms with Crippen LogP contribution in [0.4, 0.5) is 0 Å². The number of ether oxygens (including phenoxy) is 1. The van der Waals surface area contributed by atoms with Crippen LogP contribution in [0.25, 0.3) is 11.0 Å². The lowest BCUT2D eigenvalue weighted by atomic mass is 10.2. The summed E-state index contributed by atoms with van der Waals surface area (Å²) in [6.45, 7) is 5.80. The summed E-state index contributed by atoms with van der Waals surface area (Å²) >= 11 is 0. The van der Waals surface area contributed by atoms with Gasteiger partial charge in [0.15, 0.2) is 0 Å². The standard InChI is InChI=1S/C20H22N2O3/c1-20(2,3)25-18(23)14-22-17-12-8-7-11-16(17)21(19(22)24)13-15-9-5-4-6-10-15/h4-12H,13-14H2,1-3H3. The SMILES string of the molecule is CC(C)(C)OC(=O)Cn1c(=O)n(Cc2ccccc2)c2ccccc21. The fourth-order valence-corrected chi connectivity index (χ4v) is 2.85. The first-order valence-corrected chi connectivity index (χ1v) is 8.29. The molecule has 5 heteroatoms. The van der Waals surface area contributed by atoms with E-state index in [-0.39, 0.29) is 12.2 Å². The first-order chi connectivity index (χ1) is 11.8. The zero-order valence-electron chi connectivity index (χ0n) is 14.7. The van der Waals surface area contributed by atoms with Crippen LogP contribution in [-0.4, -0.2) is 20.7 Å². The molecular formula is C20H22N2O3. The minimum atomic E-state index is -0.580. The van der Waals surface area contributed by atoms with Gasteiger partial charge in [-0.1, -0.05) is 42.5 Å². The Bertz CT molecular complexity index is 946. The molecular weight excluding hydrogens is 316 g/mol. The number of hydrogen-bond acceptors (Lipinski definition) is 3. The van der Waals surface area contributed by atoms with Gasteiger partial charge in [0.05, 0.1) is 17.6 Å². The molecule has 1 aromatic heterocycles. The third-order valence-electron chi connectivity index (χ3n) is 3.82. The summed E-state index contributed by atoms with van der Waals surface area (Å²) in [5.41, 5.74) is 1.78. The molecule has 2 aromatic carbocycles. The Balaban J connectivity index is 2.01. The van der Waals surface area contributed by atoms with Gasteiger partial charge in [0.1, 0.15) is 12.1 Å². The van der Waals surface area contributed by atoms with Crippen LogP contribution >= 0.6 is 0 Å². The average molecular weight is 338 g/mol. The molecule has 0 spiro atoms. The lowest BCUT2D eigenvalue weighted by Gasteiger charge is -2.19. The first-order valence-electron chi connectivity index (χ1n) is 8.29. The highest BCUT2D eigenvalue weighted by Gasteiger charge is 2.20. The first kappa shape index (κ1) is 17.0. The summed E-state index contributed by atoms with van der Waals surface area (Å²) in [5, 5.41) is 0. The van der Waals surface area contributed by atoms with Crippen LogP contribution in [0.3, 0.4) is 0 Å². The van der Waals surface area contributed by atoms with Crippen molar-refractivity contribution in [3.63, 3.8) is 0 Å². The van der Waals surface area contributed by atoms with E-state index in [1.54, 1.807) is 4.57 Å². The average Bonchev–Trinajstić information content (AvgIpc) is 2.80. The third kappa shape index (κ3) is 3.82. The van der Waals surface area contributed by atoms with Crippen LogP contribution in [-0.2, 0) is 22.6 Å². The molecule has 0 saturated carbocycles. The number of nitrogens with zero attached hydrogens (tertiary/aromatic N) is 2. The highest BCUT2D eigenvalue weighted by molar-refractivity contribution is 5.79. The van der Waals surface area contributed by atoms with Crippen LogP contribution in [0.15, 0.2) is 59.4 Å². The monoisotopic (exact) mass is 338 g/mol. The molecule has 3 rings (SSSR count). The Morgan fingerprint density at radius 2 is 1.48 bits per heavy atom. The van der Waals surface area contributed by atoms with E-state index < -0.39 is 11.6 Å². The van der Waals surface area contributed by atoms with Crippen molar-refractivity contribution in [2.24, 2.45) is 0 Å². The number of hydrogen-bond donors (Lipinski definition) is 0. The van der Waals surface area contributed by atoms with Gasteiger partial charge in [-0.15, -0.1) is 0 Å². The van der Waals surface area contributed by atoms with E-state index >= 15 is 0 Å². The summed E-state index contributed by atoms with van der Waals surface area (Å²) in [6.07, 6.45) is 0. The number of imidazole rings is 1. The number of aromatic nitrogens is 2. The van der Waals surface area contributed by atoms with E-state index in [9.17, 15) is 9.59 Å². The maximum atomic E-state index is 12.9. The maximum Gasteiger partial charge on any atom is 0.329 e. The molecule has 0 atom stereocenters. The largest absolute Gasteiger partial charge is 0.459 e. The molecule has 0 aliphatic heterocycles. The van der Waals surface area contributed by atoms with E-state index in [0.717, 1.165) is 16.6 Å². The van der Waals surface area contributed by atoms with Gasteiger partial charge in [0.25, 0.3) is 0 Å². The van der Waals surface area contributed by atoms with Gasteiger partial charge in [-0.2, -0.15) is 0 Å². The molecule has 3 aromatic rings. The van der Waals surface area contributed by atoms with Gasteiger partial charge in [0.2, 0.25) is 0 Å². The molecule has 0 radical (unpaired) electrons. The molecule has 0 N–H and O–H groups in total. The molecule has 0 saturated heterocycles. The summed E-state index contributed by atoms with van der Waals surface area (Å²) < 4.78 is 8.53. The zero-order valence-corrected chi connectivity index (χ0v) is 14.7. The molecule has 130 valence electrons. The fourth-order valence-electron chi connectivity index (χ4n) is 2.85. The number of carbonyl (C=O) groups excluding carboxylic acids is 1. The molecule has 0 fully saturated rings. The molecule has 0 aliphatic rings. The predicted molar refractivity (Wildman–Crippen MR) is 97.6 cm³/mol. The van der Waals surface area contributed by atoms with Crippen LogP contribution < -0.4 is 5.69 Å². The number of rotatable bonds is 4. The van der Waals surface area contributed by atoms with Crippen molar-refractivity contribution >= 4 is 17.0 Å². The third-order valence-corrected chi connectivity index (χ3v) is 3.82. The molecule has 0 aliphatic carbocycles. The number of para-hydroxylation sites is 2. The van der Waals surface area contributed by atoms with E-state index in [1.807, 2.05) is 75.4 Å². The normalized spacial score (nSPS) is 11.6. The zero-order chi connectivity index (χ0) is 18.0. The number of carbonyl (C=O) groups is 1. The van der Waals surface area contributed by atoms with Crippen LogP contribution in [0.2, 0.25) is 0 Å². The Labute approximate surface area is 146 Å². The molecule has 0 amide bonds. The van der Waals surface area contributed by atoms with Crippen LogP contribution in [0.5, 0.6) is 0 Å². The number of fused-ring (bicyclic) bond motifs is 1. The minimum absolute atomic E-state index is 0.0988. The molecule has 25 heavy (non-hydrogen) atoms. The Hall–Kier alpha value is -2.82. The van der Waals surface area contributed by atoms with Crippen molar-refractivity contribution in [2.75, 3.05) is 0 Å². The Morgan fingerprint density at radius 1 is 0.920 bits per heavy atom. The van der Waals surface area contributed by atoms with E-state index in [1.165, 1.54) is 4.57 Å². The summed E-state index contributed by atoms with van der Waals surface area (Å²) in [7, 11) is 0. The lowest BCUT2D eigenvalue weighted by molar-refractivity contribution is -0.155. The van der Waals surface area contributed by atoms with Crippen LogP contribution in [0.1, 0.15) is 26.3 Å². The second-order valence-electron chi connectivity index (χ2n) is 7.02. The second-order valence-corrected chi connectivity index (χ2v) is 7.02. The quantitative estimate of drug-likeness (QED) is 0.687. The van der Waals surface area contributed by atoms with E-state index in [4.69, 9.17) is 4.74 Å². The van der Waals surface area contributed by atoms with Crippen molar-refractivity contribution in [3.05, 3.63) is 70.6 Å². The maximum absolute atomic E-state index is 12.9. The van der Waals surface area contributed by atoms with Gasteiger partial charge in [0, 0.05) is 0 Å². The molecule has 0 unspecified atom stereocenters. The second kappa shape index (κ2) is 6.59. The molecule has 0 bridgehead atoms. The topological polar surface area (TPSA) is 53.2 Å². The van der Waals surface area contributed by atoms with E-state index in [0.29, 0.717) is 6.54 Å². The highest BCUT2D eigenvalue weighted by Crippen LogP contribution is 2.15. The highest BCUT2D eigenvalue weighted by atomic mass is 16.6. The van der Waals surface area contributed by atoms with Gasteiger partial charge >= 0.3 is 11.7 Å². The van der Waals surface area contributed by atoms with Crippen molar-refractivity contribution in [1.82, 2.24) is 9.13 Å². The van der Waals surface area contributed by atoms with Crippen molar-refractivity contribution in [1.29, 1.82) is 0 Å². The van der Waals surface area contributed by atoms with Gasteiger partial charge < -0.3 is 4.74 Å². The molecule has 5 nitrogen and oxygen atoms in total. The van der Waals surface area contributed by atoms with Crippen molar-refractivity contribution in [3.8, 4) is 0 Å². The van der Waals surface area contributed by atoms with Gasteiger partial charge in [-0.25, -0.2) is 4.79 Å². The summed E-state index contributed by atoms with van der Waals surface area (Å²) in [4.78, 5) is 25.1. The van der Waals surface area contributed by atoms with Crippen LogP contribution in [0, 0.1) is 0 Å². The predicted octanol–water partition coefficient (Wildman–Crippen LogP) is 3.19. The van der Waals surface area contributed by atoms with E-state index in [2.05, 4.69) is 0 Å². The minimum Gasteiger partial charge on any atom is -0.459 e. The number of esters is 1. The summed E-state index contributed by atoms with van der Waals surface area (Å²) in [6, 6.07) is 17.3. The van der Waals surface area contributed by atoms with Gasteiger partial charge in [-0.3, -0.25) is 13.9 Å². The van der Waals surface area contributed by atoms with Gasteiger partial charge in [-0.05, 0) is 38.5 Å². The fraction of sp³-hybridized carbons (Fsp3) is 0.300. The smallest absolute Gasteiger partial charge is 0.329 e. The van der Waals surface area contributed by atoms with Crippen molar-refractivity contribution in [2.45, 2.75) is 39.5 Å². The van der Waals surface area contributed by atoms with Crippen molar-refractivity contribution < 1.29 is 9.53 Å². The summed E-state index contributed by atoms with van der Waals surface area (Å²) in [5.74, 6) is -0.419. The number of benzene rings is 2. The molecule has 1 heterocycles. The lowest BCUT2D eigenvalue weighted by Crippen LogP contribution is -2.31. The Morgan fingerprint density at radius 3 is 2.08 bits per heavy atom. The Kier molecular flexibility index (Phi) is 4.49.